The molecule has 3 nitrogen and oxygen atoms in total. The first-order chi connectivity index (χ1) is 13.4. The number of rotatable bonds is 7. The second kappa shape index (κ2) is 9.33. The van der Waals surface area contributed by atoms with Crippen molar-refractivity contribution in [2.75, 3.05) is 13.2 Å². The van der Waals surface area contributed by atoms with Crippen LogP contribution in [-0.4, -0.2) is 24.7 Å². The largest absolute Gasteiger partial charge is 0.376 e. The van der Waals surface area contributed by atoms with Crippen LogP contribution < -0.4 is 5.32 Å². The fraction of sp³-hybridized carbons (Fsp3) is 0.458. The first-order valence-corrected chi connectivity index (χ1v) is 10.1. The maximum atomic E-state index is 13.0. The van der Waals surface area contributed by atoms with Crippen LogP contribution in [0.5, 0.6) is 0 Å². The summed E-state index contributed by atoms with van der Waals surface area (Å²) in [6.45, 7) is 5.74. The van der Waals surface area contributed by atoms with Crippen molar-refractivity contribution in [1.29, 1.82) is 0 Å². The second-order valence-corrected chi connectivity index (χ2v) is 8.36. The molecule has 2 atom stereocenters. The van der Waals surface area contributed by atoms with Crippen LogP contribution in [0.25, 0.3) is 0 Å². The van der Waals surface area contributed by atoms with E-state index in [2.05, 4.69) is 43.4 Å². The van der Waals surface area contributed by atoms with Crippen molar-refractivity contribution in [2.45, 2.75) is 45.1 Å². The van der Waals surface area contributed by atoms with Gasteiger partial charge in [-0.25, -0.2) is 4.39 Å². The van der Waals surface area contributed by atoms with Gasteiger partial charge in [-0.1, -0.05) is 30.3 Å². The van der Waals surface area contributed by atoms with Crippen molar-refractivity contribution in [1.82, 2.24) is 5.32 Å². The lowest BCUT2D eigenvalue weighted by atomic mass is 9.75. The Morgan fingerprint density at radius 2 is 1.89 bits per heavy atom. The van der Waals surface area contributed by atoms with Crippen LogP contribution in [0.1, 0.15) is 49.0 Å². The highest BCUT2D eigenvalue weighted by atomic mass is 19.1. The van der Waals surface area contributed by atoms with Crippen molar-refractivity contribution in [3.63, 3.8) is 0 Å². The summed E-state index contributed by atoms with van der Waals surface area (Å²) >= 11 is 0. The smallest absolute Gasteiger partial charge is 0.251 e. The Balaban J connectivity index is 1.61. The molecule has 2 unspecified atom stereocenters. The lowest BCUT2D eigenvalue weighted by Gasteiger charge is -2.39. The molecular weight excluding hydrogens is 353 g/mol. The highest BCUT2D eigenvalue weighted by molar-refractivity contribution is 5.94. The molecule has 0 saturated carbocycles. The van der Waals surface area contributed by atoms with E-state index in [-0.39, 0.29) is 17.3 Å². The SMILES string of the molecule is CC1(C)CC(C(CCNC(=O)c2ccc(F)cc2)Cc2ccccc2)CCO1. The molecule has 1 N–H and O–H groups in total. The second-order valence-electron chi connectivity index (χ2n) is 8.36. The normalized spacial score (nSPS) is 19.8. The molecule has 0 aliphatic carbocycles. The van der Waals surface area contributed by atoms with E-state index in [1.54, 1.807) is 0 Å². The van der Waals surface area contributed by atoms with Gasteiger partial charge in [0.05, 0.1) is 5.60 Å². The number of nitrogens with one attached hydrogen (secondary N) is 1. The molecule has 1 fully saturated rings. The van der Waals surface area contributed by atoms with E-state index >= 15 is 0 Å². The average Bonchev–Trinajstić information content (AvgIpc) is 2.67. The van der Waals surface area contributed by atoms with E-state index in [1.807, 2.05) is 6.07 Å². The van der Waals surface area contributed by atoms with Crippen molar-refractivity contribution in [3.8, 4) is 0 Å². The van der Waals surface area contributed by atoms with Crippen LogP contribution in [0.15, 0.2) is 54.6 Å². The molecule has 1 amide bonds. The molecule has 28 heavy (non-hydrogen) atoms. The standard InChI is InChI=1S/C24H30FNO2/c1-24(2)17-21(13-15-28-24)20(16-18-6-4-3-5-7-18)12-14-26-23(27)19-8-10-22(25)11-9-19/h3-11,20-21H,12-17H2,1-2H3,(H,26,27). The van der Waals surface area contributed by atoms with E-state index in [1.165, 1.54) is 29.8 Å². The summed E-state index contributed by atoms with van der Waals surface area (Å²) in [5.74, 6) is 0.582. The van der Waals surface area contributed by atoms with Gasteiger partial charge < -0.3 is 10.1 Å². The lowest BCUT2D eigenvalue weighted by molar-refractivity contribution is -0.0830. The van der Waals surface area contributed by atoms with Crippen LogP contribution in [0.3, 0.4) is 0 Å². The minimum Gasteiger partial charge on any atom is -0.376 e. The molecule has 1 aliphatic heterocycles. The zero-order valence-electron chi connectivity index (χ0n) is 16.8. The summed E-state index contributed by atoms with van der Waals surface area (Å²) in [6.07, 6.45) is 4.03. The molecule has 0 bridgehead atoms. The zero-order chi connectivity index (χ0) is 20.0. The monoisotopic (exact) mass is 383 g/mol. The number of halogens is 1. The molecule has 0 spiro atoms. The van der Waals surface area contributed by atoms with Gasteiger partial charge in [0, 0.05) is 18.7 Å². The summed E-state index contributed by atoms with van der Waals surface area (Å²) in [5.41, 5.74) is 1.74. The number of ether oxygens (including phenoxy) is 1. The third-order valence-corrected chi connectivity index (χ3v) is 5.65. The van der Waals surface area contributed by atoms with Crippen LogP contribution in [0.2, 0.25) is 0 Å². The first kappa shape index (κ1) is 20.5. The molecule has 1 saturated heterocycles. The lowest BCUT2D eigenvalue weighted by Crippen LogP contribution is -2.38. The highest BCUT2D eigenvalue weighted by Gasteiger charge is 2.33. The van der Waals surface area contributed by atoms with E-state index in [4.69, 9.17) is 4.74 Å². The number of amides is 1. The molecule has 4 heteroatoms. The van der Waals surface area contributed by atoms with E-state index < -0.39 is 0 Å². The summed E-state index contributed by atoms with van der Waals surface area (Å²) in [7, 11) is 0. The Bertz CT molecular complexity index is 758. The van der Waals surface area contributed by atoms with Crippen LogP contribution >= 0.6 is 0 Å². The zero-order valence-corrected chi connectivity index (χ0v) is 16.8. The molecule has 1 aliphatic rings. The third kappa shape index (κ3) is 5.90. The number of hydrogen-bond donors (Lipinski definition) is 1. The predicted molar refractivity (Wildman–Crippen MR) is 110 cm³/mol. The maximum Gasteiger partial charge on any atom is 0.251 e. The van der Waals surface area contributed by atoms with Crippen LogP contribution in [0.4, 0.5) is 4.39 Å². The van der Waals surface area contributed by atoms with E-state index in [9.17, 15) is 9.18 Å². The summed E-state index contributed by atoms with van der Waals surface area (Å²) in [6, 6.07) is 16.2. The number of hydrogen-bond acceptors (Lipinski definition) is 2. The molecule has 2 aromatic carbocycles. The summed E-state index contributed by atoms with van der Waals surface area (Å²) in [5, 5.41) is 3.00. The molecule has 0 radical (unpaired) electrons. The average molecular weight is 384 g/mol. The van der Waals surface area contributed by atoms with Gasteiger partial charge in [0.15, 0.2) is 0 Å². The van der Waals surface area contributed by atoms with Gasteiger partial charge in [-0.3, -0.25) is 4.79 Å². The molecule has 3 rings (SSSR count). The van der Waals surface area contributed by atoms with Crippen molar-refractivity contribution < 1.29 is 13.9 Å². The van der Waals surface area contributed by atoms with E-state index in [0.717, 1.165) is 32.3 Å². The number of benzene rings is 2. The molecular formula is C24H30FNO2. The van der Waals surface area contributed by atoms with E-state index in [0.29, 0.717) is 23.9 Å². The molecule has 150 valence electrons. The van der Waals surface area contributed by atoms with Gasteiger partial charge in [0.25, 0.3) is 5.91 Å². The van der Waals surface area contributed by atoms with Crippen LogP contribution in [-0.2, 0) is 11.2 Å². The summed E-state index contributed by atoms with van der Waals surface area (Å²) < 4.78 is 18.9. The van der Waals surface area contributed by atoms with Gasteiger partial charge in [0.1, 0.15) is 5.82 Å². The van der Waals surface area contributed by atoms with Gasteiger partial charge in [0.2, 0.25) is 0 Å². The van der Waals surface area contributed by atoms with Crippen molar-refractivity contribution >= 4 is 5.91 Å². The fourth-order valence-electron chi connectivity index (χ4n) is 4.18. The first-order valence-electron chi connectivity index (χ1n) is 10.1. The maximum absolute atomic E-state index is 13.0. The fourth-order valence-corrected chi connectivity index (χ4v) is 4.18. The Kier molecular flexibility index (Phi) is 6.84. The van der Waals surface area contributed by atoms with Crippen LogP contribution in [0, 0.1) is 17.7 Å². The van der Waals surface area contributed by atoms with Crippen molar-refractivity contribution in [2.24, 2.45) is 11.8 Å². The quantitative estimate of drug-likeness (QED) is 0.730. The van der Waals surface area contributed by atoms with Gasteiger partial charge in [-0.2, -0.15) is 0 Å². The third-order valence-electron chi connectivity index (χ3n) is 5.65. The topological polar surface area (TPSA) is 38.3 Å². The summed E-state index contributed by atoms with van der Waals surface area (Å²) in [4.78, 5) is 12.3. The minimum absolute atomic E-state index is 0.0881. The molecule has 0 aromatic heterocycles. The Morgan fingerprint density at radius 1 is 1.18 bits per heavy atom. The van der Waals surface area contributed by atoms with Crippen molar-refractivity contribution in [3.05, 3.63) is 71.5 Å². The van der Waals surface area contributed by atoms with Gasteiger partial charge in [-0.05, 0) is 81.2 Å². The Hall–Kier alpha value is -2.20. The molecule has 2 aromatic rings. The molecule has 1 heterocycles. The number of carbonyl (C=O) groups excluding carboxylic acids is 1. The van der Waals surface area contributed by atoms with Gasteiger partial charge >= 0.3 is 0 Å². The Morgan fingerprint density at radius 3 is 2.57 bits per heavy atom. The minimum atomic E-state index is -0.332. The predicted octanol–water partition coefficient (Wildman–Crippen LogP) is 5.01. The number of carbonyl (C=O) groups is 1. The Labute approximate surface area is 167 Å². The highest BCUT2D eigenvalue weighted by Crippen LogP contribution is 2.36. The van der Waals surface area contributed by atoms with Gasteiger partial charge in [-0.15, -0.1) is 0 Å².